The van der Waals surface area contributed by atoms with E-state index in [2.05, 4.69) is 5.32 Å². The molecule has 2 heteroatoms. The monoisotopic (exact) mass is 155 g/mol. The van der Waals surface area contributed by atoms with Crippen molar-refractivity contribution in [3.05, 3.63) is 0 Å². The van der Waals surface area contributed by atoms with Crippen molar-refractivity contribution in [2.45, 2.75) is 45.6 Å². The van der Waals surface area contributed by atoms with Gasteiger partial charge >= 0.3 is 0 Å². The highest BCUT2D eigenvalue weighted by molar-refractivity contribution is 5.82. The van der Waals surface area contributed by atoms with E-state index in [1.165, 1.54) is 12.8 Å². The van der Waals surface area contributed by atoms with Gasteiger partial charge in [-0.3, -0.25) is 4.79 Å². The minimum absolute atomic E-state index is 0.257. The average molecular weight is 155 g/mol. The Morgan fingerprint density at radius 3 is 2.18 bits per heavy atom. The second-order valence-corrected chi connectivity index (χ2v) is 3.37. The summed E-state index contributed by atoms with van der Waals surface area (Å²) in [7, 11) is 0. The summed E-state index contributed by atoms with van der Waals surface area (Å²) < 4.78 is 0. The first-order valence-corrected chi connectivity index (χ1v) is 4.54. The molecule has 1 heterocycles. The zero-order valence-corrected chi connectivity index (χ0v) is 7.61. The van der Waals surface area contributed by atoms with Crippen LogP contribution in [0.2, 0.25) is 0 Å². The van der Waals surface area contributed by atoms with E-state index < -0.39 is 0 Å². The van der Waals surface area contributed by atoms with Crippen molar-refractivity contribution in [1.82, 2.24) is 5.32 Å². The van der Waals surface area contributed by atoms with Crippen LogP contribution in [-0.2, 0) is 4.79 Å². The molecule has 2 nitrogen and oxygen atoms in total. The van der Waals surface area contributed by atoms with Crippen LogP contribution in [0, 0.1) is 5.92 Å². The van der Waals surface area contributed by atoms with Gasteiger partial charge < -0.3 is 5.32 Å². The van der Waals surface area contributed by atoms with Crippen molar-refractivity contribution in [2.24, 2.45) is 5.92 Å². The summed E-state index contributed by atoms with van der Waals surface area (Å²) in [4.78, 5) is 10.9. The maximum absolute atomic E-state index is 10.9. The third-order valence-corrected chi connectivity index (χ3v) is 2.39. The molecule has 1 atom stereocenters. The summed E-state index contributed by atoms with van der Waals surface area (Å²) in [5.74, 6) is 0.528. The lowest BCUT2D eigenvalue weighted by molar-refractivity contribution is -0.122. The Hall–Kier alpha value is -0.530. The Kier molecular flexibility index (Phi) is 2.21. The normalized spacial score (nSPS) is 30.8. The van der Waals surface area contributed by atoms with E-state index in [0.717, 1.165) is 6.42 Å². The summed E-state index contributed by atoms with van der Waals surface area (Å²) in [5, 5.41) is 3.02. The number of rotatable bonds is 0. The number of nitrogens with one attached hydrogen (secondary N) is 1. The first-order valence-electron chi connectivity index (χ1n) is 4.54. The smallest absolute Gasteiger partial charge is 0.223 e. The van der Waals surface area contributed by atoms with Crippen molar-refractivity contribution in [3.8, 4) is 0 Å². The van der Waals surface area contributed by atoms with Crippen LogP contribution in [0.3, 0.4) is 0 Å². The SMILES string of the molecule is CC.CC1CC2(CC2)NC1=O. The predicted molar refractivity (Wildman–Crippen MR) is 45.2 cm³/mol. The minimum Gasteiger partial charge on any atom is -0.350 e. The predicted octanol–water partition coefficient (Wildman–Crippen LogP) is 1.70. The molecule has 2 aliphatic rings. The zero-order chi connectivity index (χ0) is 8.48. The maximum atomic E-state index is 10.9. The van der Waals surface area contributed by atoms with Gasteiger partial charge in [0.2, 0.25) is 5.91 Å². The quantitative estimate of drug-likeness (QED) is 0.567. The van der Waals surface area contributed by atoms with Gasteiger partial charge in [0.05, 0.1) is 0 Å². The van der Waals surface area contributed by atoms with Crippen LogP contribution in [0.25, 0.3) is 0 Å². The van der Waals surface area contributed by atoms with Crippen LogP contribution in [-0.4, -0.2) is 11.4 Å². The van der Waals surface area contributed by atoms with Gasteiger partial charge in [0.1, 0.15) is 0 Å². The van der Waals surface area contributed by atoms with Gasteiger partial charge in [0.25, 0.3) is 0 Å². The summed E-state index contributed by atoms with van der Waals surface area (Å²) in [6.07, 6.45) is 3.50. The number of hydrogen-bond donors (Lipinski definition) is 1. The Morgan fingerprint density at radius 2 is 2.00 bits per heavy atom. The Morgan fingerprint density at radius 1 is 1.45 bits per heavy atom. The first-order chi connectivity index (χ1) is 5.22. The lowest BCUT2D eigenvalue weighted by atomic mass is 10.1. The molecule has 1 saturated heterocycles. The molecule has 2 rings (SSSR count). The van der Waals surface area contributed by atoms with Gasteiger partial charge in [0, 0.05) is 11.5 Å². The largest absolute Gasteiger partial charge is 0.350 e. The van der Waals surface area contributed by atoms with E-state index >= 15 is 0 Å². The highest BCUT2D eigenvalue weighted by Gasteiger charge is 2.50. The zero-order valence-electron chi connectivity index (χ0n) is 7.61. The fourth-order valence-corrected chi connectivity index (χ4v) is 1.59. The average Bonchev–Trinajstić information content (AvgIpc) is 2.66. The molecule has 64 valence electrons. The Labute approximate surface area is 68.4 Å². The number of carbonyl (C=O) groups is 1. The highest BCUT2D eigenvalue weighted by Crippen LogP contribution is 2.44. The molecule has 11 heavy (non-hydrogen) atoms. The Bertz CT molecular complexity index is 161. The van der Waals surface area contributed by atoms with E-state index in [4.69, 9.17) is 0 Å². The lowest BCUT2D eigenvalue weighted by Gasteiger charge is -2.01. The molecule has 1 aliphatic heterocycles. The lowest BCUT2D eigenvalue weighted by Crippen LogP contribution is -2.27. The van der Waals surface area contributed by atoms with Gasteiger partial charge in [0.15, 0.2) is 0 Å². The number of carbonyl (C=O) groups excluding carboxylic acids is 1. The molecule has 1 spiro atoms. The van der Waals surface area contributed by atoms with Gasteiger partial charge in [-0.05, 0) is 19.3 Å². The van der Waals surface area contributed by atoms with Gasteiger partial charge in [-0.2, -0.15) is 0 Å². The van der Waals surface area contributed by atoms with Crippen molar-refractivity contribution in [3.63, 3.8) is 0 Å². The number of amides is 1. The fourth-order valence-electron chi connectivity index (χ4n) is 1.59. The Balaban J connectivity index is 0.000000281. The molecule has 1 unspecified atom stereocenters. The maximum Gasteiger partial charge on any atom is 0.223 e. The molecule has 0 bridgehead atoms. The first kappa shape index (κ1) is 8.57. The van der Waals surface area contributed by atoms with Crippen LogP contribution in [0.1, 0.15) is 40.0 Å². The van der Waals surface area contributed by atoms with Crippen LogP contribution >= 0.6 is 0 Å². The van der Waals surface area contributed by atoms with Crippen molar-refractivity contribution >= 4 is 5.91 Å². The molecule has 0 radical (unpaired) electrons. The van der Waals surface area contributed by atoms with E-state index in [0.29, 0.717) is 0 Å². The van der Waals surface area contributed by atoms with E-state index in [-0.39, 0.29) is 17.4 Å². The molecule has 1 N–H and O–H groups in total. The number of hydrogen-bond acceptors (Lipinski definition) is 1. The molecule has 0 aromatic carbocycles. The topological polar surface area (TPSA) is 29.1 Å². The second kappa shape index (κ2) is 2.84. The van der Waals surface area contributed by atoms with E-state index in [1.54, 1.807) is 0 Å². The van der Waals surface area contributed by atoms with E-state index in [9.17, 15) is 4.79 Å². The molecular weight excluding hydrogens is 138 g/mol. The molecule has 1 saturated carbocycles. The summed E-state index contributed by atoms with van der Waals surface area (Å²) in [5.41, 5.74) is 0.288. The molecule has 1 amide bonds. The third kappa shape index (κ3) is 1.55. The van der Waals surface area contributed by atoms with Crippen molar-refractivity contribution in [1.29, 1.82) is 0 Å². The van der Waals surface area contributed by atoms with Crippen molar-refractivity contribution in [2.75, 3.05) is 0 Å². The van der Waals surface area contributed by atoms with Crippen molar-refractivity contribution < 1.29 is 4.79 Å². The van der Waals surface area contributed by atoms with Crippen LogP contribution in [0.5, 0.6) is 0 Å². The van der Waals surface area contributed by atoms with Gasteiger partial charge in [-0.25, -0.2) is 0 Å². The summed E-state index contributed by atoms with van der Waals surface area (Å²) in [6.45, 7) is 6.00. The molecule has 0 aromatic rings. The summed E-state index contributed by atoms with van der Waals surface area (Å²) >= 11 is 0. The molecule has 2 fully saturated rings. The summed E-state index contributed by atoms with van der Waals surface area (Å²) in [6, 6.07) is 0. The standard InChI is InChI=1S/C7H11NO.C2H6/c1-5-4-7(2-3-7)8-6(5)9;1-2/h5H,2-4H2,1H3,(H,8,9);1-2H3. The molecule has 0 aromatic heterocycles. The highest BCUT2D eigenvalue weighted by atomic mass is 16.2. The van der Waals surface area contributed by atoms with Crippen LogP contribution in [0.15, 0.2) is 0 Å². The van der Waals surface area contributed by atoms with E-state index in [1.807, 2.05) is 20.8 Å². The molecule has 1 aliphatic carbocycles. The third-order valence-electron chi connectivity index (χ3n) is 2.39. The fraction of sp³-hybridized carbons (Fsp3) is 0.889. The van der Waals surface area contributed by atoms with Gasteiger partial charge in [-0.1, -0.05) is 20.8 Å². The van der Waals surface area contributed by atoms with Crippen LogP contribution < -0.4 is 5.32 Å². The minimum atomic E-state index is 0.257. The second-order valence-electron chi connectivity index (χ2n) is 3.37. The molecular formula is C9H17NO. The van der Waals surface area contributed by atoms with Crippen LogP contribution in [0.4, 0.5) is 0 Å². The van der Waals surface area contributed by atoms with Gasteiger partial charge in [-0.15, -0.1) is 0 Å².